The maximum atomic E-state index is 9.65. The van der Waals surface area contributed by atoms with Crippen LogP contribution >= 0.6 is 0 Å². The summed E-state index contributed by atoms with van der Waals surface area (Å²) in [6.45, 7) is 0. The summed E-state index contributed by atoms with van der Waals surface area (Å²) in [7, 11) is 0. The van der Waals surface area contributed by atoms with Crippen LogP contribution < -0.4 is 0 Å². The summed E-state index contributed by atoms with van der Waals surface area (Å²) < 4.78 is 0. The third-order valence-corrected chi connectivity index (χ3v) is 3.06. The standard InChI is InChI=1S/C10H16O2/c11-9-5-1-3-7-8(9)4-2-6-10(7)12/h9-12H,1-6H2/t9-,10-/m0/s1. The van der Waals surface area contributed by atoms with Gasteiger partial charge < -0.3 is 10.2 Å². The van der Waals surface area contributed by atoms with Crippen molar-refractivity contribution in [2.75, 3.05) is 0 Å². The molecule has 2 aliphatic rings. The van der Waals surface area contributed by atoms with E-state index in [9.17, 15) is 10.2 Å². The first-order valence-corrected chi connectivity index (χ1v) is 4.87. The second kappa shape index (κ2) is 3.19. The molecule has 68 valence electrons. The lowest BCUT2D eigenvalue weighted by molar-refractivity contribution is 0.140. The van der Waals surface area contributed by atoms with Gasteiger partial charge in [-0.1, -0.05) is 0 Å². The van der Waals surface area contributed by atoms with Crippen LogP contribution in [-0.2, 0) is 0 Å². The lowest BCUT2D eigenvalue weighted by Gasteiger charge is -2.31. The van der Waals surface area contributed by atoms with Crippen LogP contribution in [0, 0.1) is 0 Å². The molecule has 2 rings (SSSR count). The molecule has 0 aromatic carbocycles. The van der Waals surface area contributed by atoms with Crippen molar-refractivity contribution in [1.82, 2.24) is 0 Å². The number of hydrogen-bond donors (Lipinski definition) is 2. The molecule has 0 unspecified atom stereocenters. The average molecular weight is 168 g/mol. The zero-order valence-electron chi connectivity index (χ0n) is 7.29. The van der Waals surface area contributed by atoms with Gasteiger partial charge in [0.15, 0.2) is 0 Å². The largest absolute Gasteiger partial charge is 0.389 e. The topological polar surface area (TPSA) is 40.5 Å². The molecule has 0 bridgehead atoms. The van der Waals surface area contributed by atoms with E-state index in [0.29, 0.717) is 0 Å². The van der Waals surface area contributed by atoms with Gasteiger partial charge in [-0.05, 0) is 49.7 Å². The fraction of sp³-hybridized carbons (Fsp3) is 0.800. The van der Waals surface area contributed by atoms with Crippen molar-refractivity contribution < 1.29 is 10.2 Å². The van der Waals surface area contributed by atoms with Gasteiger partial charge in [0.05, 0.1) is 12.2 Å². The molecule has 2 atom stereocenters. The second-order valence-electron chi connectivity index (χ2n) is 3.87. The highest BCUT2D eigenvalue weighted by molar-refractivity contribution is 5.26. The molecular weight excluding hydrogens is 152 g/mol. The smallest absolute Gasteiger partial charge is 0.0753 e. The van der Waals surface area contributed by atoms with Crippen molar-refractivity contribution in [3.8, 4) is 0 Å². The van der Waals surface area contributed by atoms with Crippen LogP contribution in [0.15, 0.2) is 11.1 Å². The van der Waals surface area contributed by atoms with Crippen LogP contribution in [0.4, 0.5) is 0 Å². The van der Waals surface area contributed by atoms with Crippen LogP contribution in [0.3, 0.4) is 0 Å². The van der Waals surface area contributed by atoms with Gasteiger partial charge in [0.1, 0.15) is 0 Å². The summed E-state index contributed by atoms with van der Waals surface area (Å²) in [5.41, 5.74) is 2.31. The van der Waals surface area contributed by atoms with Crippen molar-refractivity contribution in [3.05, 3.63) is 11.1 Å². The third kappa shape index (κ3) is 1.29. The molecule has 0 saturated carbocycles. The van der Waals surface area contributed by atoms with Gasteiger partial charge in [0.25, 0.3) is 0 Å². The molecule has 0 saturated heterocycles. The minimum Gasteiger partial charge on any atom is -0.389 e. The van der Waals surface area contributed by atoms with Gasteiger partial charge in [-0.2, -0.15) is 0 Å². The van der Waals surface area contributed by atoms with Crippen molar-refractivity contribution in [2.45, 2.75) is 50.7 Å². The highest BCUT2D eigenvalue weighted by Crippen LogP contribution is 2.35. The molecule has 2 aliphatic carbocycles. The van der Waals surface area contributed by atoms with E-state index in [1.165, 1.54) is 0 Å². The monoisotopic (exact) mass is 168 g/mol. The molecule has 0 heterocycles. The van der Waals surface area contributed by atoms with E-state index >= 15 is 0 Å². The van der Waals surface area contributed by atoms with Gasteiger partial charge >= 0.3 is 0 Å². The Balaban J connectivity index is 2.26. The zero-order valence-corrected chi connectivity index (χ0v) is 7.29. The fourth-order valence-electron chi connectivity index (χ4n) is 2.40. The van der Waals surface area contributed by atoms with Crippen LogP contribution in [-0.4, -0.2) is 22.4 Å². The van der Waals surface area contributed by atoms with Crippen molar-refractivity contribution in [1.29, 1.82) is 0 Å². The number of aliphatic hydroxyl groups is 2. The SMILES string of the molecule is O[C@H]1CCCC2=C1CCC[C@@H]2O. The number of rotatable bonds is 0. The third-order valence-electron chi connectivity index (χ3n) is 3.06. The van der Waals surface area contributed by atoms with Crippen molar-refractivity contribution in [2.24, 2.45) is 0 Å². The summed E-state index contributed by atoms with van der Waals surface area (Å²) in [4.78, 5) is 0. The molecular formula is C10H16O2. The lowest BCUT2D eigenvalue weighted by atomic mass is 9.79. The van der Waals surface area contributed by atoms with E-state index < -0.39 is 0 Å². The van der Waals surface area contributed by atoms with Crippen LogP contribution in [0.2, 0.25) is 0 Å². The average Bonchev–Trinajstić information content (AvgIpc) is 2.07. The number of hydrogen-bond acceptors (Lipinski definition) is 2. The van der Waals surface area contributed by atoms with E-state index in [4.69, 9.17) is 0 Å². The van der Waals surface area contributed by atoms with Crippen LogP contribution in [0.1, 0.15) is 38.5 Å². The van der Waals surface area contributed by atoms with Gasteiger partial charge in [-0.25, -0.2) is 0 Å². The summed E-state index contributed by atoms with van der Waals surface area (Å²) in [5, 5.41) is 19.3. The molecule has 0 amide bonds. The Kier molecular flexibility index (Phi) is 2.20. The Labute approximate surface area is 72.9 Å². The Morgan fingerprint density at radius 2 is 1.25 bits per heavy atom. The molecule has 0 aliphatic heterocycles. The van der Waals surface area contributed by atoms with Gasteiger partial charge in [0.2, 0.25) is 0 Å². The van der Waals surface area contributed by atoms with Crippen molar-refractivity contribution >= 4 is 0 Å². The summed E-state index contributed by atoms with van der Waals surface area (Å²) in [6, 6.07) is 0. The van der Waals surface area contributed by atoms with Crippen LogP contribution in [0.25, 0.3) is 0 Å². The highest BCUT2D eigenvalue weighted by atomic mass is 16.3. The zero-order chi connectivity index (χ0) is 8.55. The predicted molar refractivity (Wildman–Crippen MR) is 46.7 cm³/mol. The van der Waals surface area contributed by atoms with E-state index in [0.717, 1.165) is 49.7 Å². The first kappa shape index (κ1) is 8.27. The Bertz CT molecular complexity index is 186. The maximum absolute atomic E-state index is 9.65. The van der Waals surface area contributed by atoms with Crippen molar-refractivity contribution in [3.63, 3.8) is 0 Å². The molecule has 2 N–H and O–H groups in total. The van der Waals surface area contributed by atoms with Gasteiger partial charge in [-0.15, -0.1) is 0 Å². The van der Waals surface area contributed by atoms with Gasteiger partial charge in [0, 0.05) is 0 Å². The van der Waals surface area contributed by atoms with Crippen LogP contribution in [0.5, 0.6) is 0 Å². The summed E-state index contributed by atoms with van der Waals surface area (Å²) >= 11 is 0. The molecule has 2 nitrogen and oxygen atoms in total. The minimum absolute atomic E-state index is 0.247. The first-order chi connectivity index (χ1) is 5.79. The summed E-state index contributed by atoms with van der Waals surface area (Å²) in [5.74, 6) is 0. The molecule has 0 spiro atoms. The normalized spacial score (nSPS) is 36.5. The van der Waals surface area contributed by atoms with E-state index in [-0.39, 0.29) is 12.2 Å². The highest BCUT2D eigenvalue weighted by Gasteiger charge is 2.27. The van der Waals surface area contributed by atoms with E-state index in [1.54, 1.807) is 0 Å². The molecule has 2 heteroatoms. The number of aliphatic hydroxyl groups excluding tert-OH is 2. The minimum atomic E-state index is -0.247. The first-order valence-electron chi connectivity index (χ1n) is 4.87. The van der Waals surface area contributed by atoms with E-state index in [2.05, 4.69) is 0 Å². The van der Waals surface area contributed by atoms with E-state index in [1.807, 2.05) is 0 Å². The maximum Gasteiger partial charge on any atom is 0.0753 e. The second-order valence-corrected chi connectivity index (χ2v) is 3.87. The quantitative estimate of drug-likeness (QED) is 0.536. The molecule has 0 aromatic rings. The van der Waals surface area contributed by atoms with Gasteiger partial charge in [-0.3, -0.25) is 0 Å². The summed E-state index contributed by atoms with van der Waals surface area (Å²) in [6.07, 6.45) is 5.39. The Morgan fingerprint density at radius 3 is 1.67 bits per heavy atom. The molecule has 0 radical (unpaired) electrons. The molecule has 0 fully saturated rings. The lowest BCUT2D eigenvalue weighted by Crippen LogP contribution is -2.27. The Morgan fingerprint density at radius 1 is 0.833 bits per heavy atom. The fourth-order valence-corrected chi connectivity index (χ4v) is 2.40. The Hall–Kier alpha value is -0.340. The molecule has 12 heavy (non-hydrogen) atoms. The molecule has 0 aromatic heterocycles. The predicted octanol–water partition coefficient (Wildman–Crippen LogP) is 1.37.